The van der Waals surface area contributed by atoms with Gasteiger partial charge in [0.05, 0.1) is 24.1 Å². The molecule has 0 aliphatic rings. The normalized spacial score (nSPS) is 13.0. The number of benzene rings is 2. The van der Waals surface area contributed by atoms with E-state index in [1.54, 1.807) is 60.7 Å². The number of rotatable bonds is 18. The summed E-state index contributed by atoms with van der Waals surface area (Å²) >= 11 is 0. The Hall–Kier alpha value is -3.82. The lowest BCUT2D eigenvalue weighted by Crippen LogP contribution is -2.52. The first-order valence-corrected chi connectivity index (χ1v) is 16.8. The smallest absolute Gasteiger partial charge is 0.241 e. The predicted octanol–water partition coefficient (Wildman–Crippen LogP) is -0.325. The SMILES string of the molecule is CS(=O)(=O)CCC(NS(=O)(=O)Cc1ccccc1)C(=O)N(CC(=O)NC(C=O)CCCN=C(N)N)Cc1ccccc1. The third-order valence-electron chi connectivity index (χ3n) is 5.94. The summed E-state index contributed by atoms with van der Waals surface area (Å²) in [5.74, 6) is -2.44. The van der Waals surface area contributed by atoms with Crippen LogP contribution in [0.3, 0.4) is 0 Å². The van der Waals surface area contributed by atoms with Gasteiger partial charge in [0.1, 0.15) is 22.2 Å². The monoisotopic (exact) mass is 622 g/mol. The fourth-order valence-corrected chi connectivity index (χ4v) is 6.00. The zero-order chi connectivity index (χ0) is 31.2. The van der Waals surface area contributed by atoms with Gasteiger partial charge in [0.25, 0.3) is 0 Å². The zero-order valence-electron chi connectivity index (χ0n) is 23.4. The summed E-state index contributed by atoms with van der Waals surface area (Å²) in [6.45, 7) is -0.326. The van der Waals surface area contributed by atoms with E-state index in [1.165, 1.54) is 0 Å². The van der Waals surface area contributed by atoms with E-state index in [0.29, 0.717) is 23.8 Å². The van der Waals surface area contributed by atoms with Gasteiger partial charge in [-0.2, -0.15) is 0 Å². The molecular formula is C27H38N6O7S2. The largest absolute Gasteiger partial charge is 0.370 e. The Kier molecular flexibility index (Phi) is 13.6. The highest BCUT2D eigenvalue weighted by molar-refractivity contribution is 7.90. The maximum atomic E-state index is 13.8. The van der Waals surface area contributed by atoms with E-state index in [2.05, 4.69) is 15.0 Å². The highest BCUT2D eigenvalue weighted by Crippen LogP contribution is 2.12. The van der Waals surface area contributed by atoms with Gasteiger partial charge in [0, 0.05) is 19.3 Å². The first-order valence-electron chi connectivity index (χ1n) is 13.1. The Morgan fingerprint density at radius 1 is 0.952 bits per heavy atom. The van der Waals surface area contributed by atoms with Crippen molar-refractivity contribution in [3.63, 3.8) is 0 Å². The molecule has 0 saturated carbocycles. The molecule has 2 unspecified atom stereocenters. The minimum absolute atomic E-state index is 0.0703. The topological polar surface area (TPSA) is 211 Å². The van der Waals surface area contributed by atoms with Crippen LogP contribution in [0.2, 0.25) is 0 Å². The average Bonchev–Trinajstić information content (AvgIpc) is 2.92. The van der Waals surface area contributed by atoms with Crippen LogP contribution >= 0.6 is 0 Å². The van der Waals surface area contributed by atoms with Crippen LogP contribution < -0.4 is 21.5 Å². The summed E-state index contributed by atoms with van der Waals surface area (Å²) in [4.78, 5) is 43.3. The maximum absolute atomic E-state index is 13.8. The zero-order valence-corrected chi connectivity index (χ0v) is 25.0. The molecule has 42 heavy (non-hydrogen) atoms. The molecule has 2 aromatic rings. The number of hydrogen-bond acceptors (Lipinski definition) is 8. The van der Waals surface area contributed by atoms with Gasteiger partial charge in [0.2, 0.25) is 21.8 Å². The van der Waals surface area contributed by atoms with Crippen LogP contribution in [0, 0.1) is 0 Å². The number of guanidine groups is 1. The number of hydrogen-bond donors (Lipinski definition) is 4. The van der Waals surface area contributed by atoms with Crippen molar-refractivity contribution in [2.75, 3.05) is 25.1 Å². The summed E-state index contributed by atoms with van der Waals surface area (Å²) in [6.07, 6.45) is 1.85. The van der Waals surface area contributed by atoms with Crippen molar-refractivity contribution in [1.29, 1.82) is 0 Å². The molecule has 230 valence electrons. The second-order valence-corrected chi connectivity index (χ2v) is 13.8. The molecule has 6 N–H and O–H groups in total. The number of nitrogens with two attached hydrogens (primary N) is 2. The van der Waals surface area contributed by atoms with Crippen molar-refractivity contribution in [3.8, 4) is 0 Å². The van der Waals surface area contributed by atoms with Gasteiger partial charge in [-0.05, 0) is 30.4 Å². The van der Waals surface area contributed by atoms with E-state index in [1.807, 2.05) is 0 Å². The molecule has 0 radical (unpaired) electrons. The van der Waals surface area contributed by atoms with E-state index in [4.69, 9.17) is 11.5 Å². The molecule has 2 rings (SSSR count). The molecule has 2 aromatic carbocycles. The second-order valence-electron chi connectivity index (χ2n) is 9.77. The Bertz CT molecular complexity index is 1420. The fraction of sp³-hybridized carbons (Fsp3) is 0.407. The molecule has 13 nitrogen and oxygen atoms in total. The van der Waals surface area contributed by atoms with Crippen molar-refractivity contribution in [2.45, 2.75) is 43.6 Å². The van der Waals surface area contributed by atoms with Crippen LogP contribution in [-0.2, 0) is 46.5 Å². The van der Waals surface area contributed by atoms with Crippen LogP contribution in [0.5, 0.6) is 0 Å². The number of sulfone groups is 1. The lowest BCUT2D eigenvalue weighted by Gasteiger charge is -2.28. The molecule has 0 aliphatic carbocycles. The summed E-state index contributed by atoms with van der Waals surface area (Å²) < 4.78 is 52.2. The molecule has 15 heteroatoms. The number of nitrogens with zero attached hydrogens (tertiary/aromatic N) is 2. The van der Waals surface area contributed by atoms with Crippen LogP contribution in [0.1, 0.15) is 30.4 Å². The van der Waals surface area contributed by atoms with E-state index < -0.39 is 61.8 Å². The lowest BCUT2D eigenvalue weighted by molar-refractivity contribution is -0.138. The molecule has 0 fully saturated rings. The number of aldehydes is 1. The van der Waals surface area contributed by atoms with Crippen molar-refractivity contribution in [1.82, 2.24) is 14.9 Å². The van der Waals surface area contributed by atoms with Crippen molar-refractivity contribution < 1.29 is 31.2 Å². The van der Waals surface area contributed by atoms with E-state index in [0.717, 1.165) is 11.2 Å². The summed E-state index contributed by atoms with van der Waals surface area (Å²) in [6, 6.07) is 14.6. The fourth-order valence-electron chi connectivity index (χ4n) is 3.97. The van der Waals surface area contributed by atoms with Crippen LogP contribution in [0.4, 0.5) is 0 Å². The van der Waals surface area contributed by atoms with Crippen LogP contribution in [-0.4, -0.2) is 83.0 Å². The van der Waals surface area contributed by atoms with Gasteiger partial charge in [-0.15, -0.1) is 0 Å². The minimum Gasteiger partial charge on any atom is -0.370 e. The summed E-state index contributed by atoms with van der Waals surface area (Å²) in [7, 11) is -7.65. The molecule has 2 amide bonds. The highest BCUT2D eigenvalue weighted by Gasteiger charge is 2.31. The molecule has 0 aromatic heterocycles. The molecule has 2 atom stereocenters. The van der Waals surface area contributed by atoms with Crippen molar-refractivity contribution in [2.24, 2.45) is 16.5 Å². The second kappa shape index (κ2) is 16.6. The van der Waals surface area contributed by atoms with Crippen LogP contribution in [0.25, 0.3) is 0 Å². The van der Waals surface area contributed by atoms with Gasteiger partial charge in [-0.3, -0.25) is 14.6 Å². The van der Waals surface area contributed by atoms with Crippen molar-refractivity contribution >= 4 is 43.9 Å². The Balaban J connectivity index is 2.27. The van der Waals surface area contributed by atoms with Crippen LogP contribution in [0.15, 0.2) is 65.7 Å². The molecule has 0 spiro atoms. The number of sulfonamides is 1. The van der Waals surface area contributed by atoms with Gasteiger partial charge in [-0.1, -0.05) is 60.7 Å². The van der Waals surface area contributed by atoms with Gasteiger partial charge < -0.3 is 26.5 Å². The molecule has 0 bridgehead atoms. The third kappa shape index (κ3) is 13.7. The third-order valence-corrected chi connectivity index (χ3v) is 8.27. The Morgan fingerprint density at radius 3 is 2.10 bits per heavy atom. The Labute approximate surface area is 246 Å². The minimum atomic E-state index is -4.09. The van der Waals surface area contributed by atoms with Crippen molar-refractivity contribution in [3.05, 3.63) is 71.8 Å². The lowest BCUT2D eigenvalue weighted by atomic mass is 10.1. The average molecular weight is 623 g/mol. The quantitative estimate of drug-likeness (QED) is 0.0741. The van der Waals surface area contributed by atoms with Gasteiger partial charge in [0.15, 0.2) is 5.96 Å². The maximum Gasteiger partial charge on any atom is 0.241 e. The van der Waals surface area contributed by atoms with E-state index in [-0.39, 0.29) is 31.9 Å². The van der Waals surface area contributed by atoms with E-state index >= 15 is 0 Å². The highest BCUT2D eigenvalue weighted by atomic mass is 32.2. The number of amides is 2. The molecular weight excluding hydrogens is 584 g/mol. The van der Waals surface area contributed by atoms with Gasteiger partial charge in [-0.25, -0.2) is 21.6 Å². The number of carbonyl (C=O) groups is 3. The number of carbonyl (C=O) groups excluding carboxylic acids is 3. The predicted molar refractivity (Wildman–Crippen MR) is 160 cm³/mol. The summed E-state index contributed by atoms with van der Waals surface area (Å²) in [5, 5.41) is 2.56. The van der Waals surface area contributed by atoms with E-state index in [9.17, 15) is 31.2 Å². The Morgan fingerprint density at radius 2 is 1.55 bits per heavy atom. The number of aliphatic imine (C=N–C) groups is 1. The number of nitrogens with one attached hydrogen (secondary N) is 2. The first-order chi connectivity index (χ1) is 19.8. The first kappa shape index (κ1) is 34.4. The standard InChI is InChI=1S/C27H38N6O7S2/c1-41(37,38)16-14-24(32-42(39,40)20-22-11-6-3-7-12-22)26(36)33(17-21-9-4-2-5-10-21)18-25(35)31-23(19-34)13-8-15-30-27(28)29/h2-7,9-12,19,23-24,32H,8,13-18,20H2,1H3,(H,31,35)(H4,28,29,30). The molecule has 0 saturated heterocycles. The van der Waals surface area contributed by atoms with Gasteiger partial charge >= 0.3 is 0 Å². The summed E-state index contributed by atoms with van der Waals surface area (Å²) in [5.41, 5.74) is 11.7. The molecule has 0 aliphatic heterocycles. The molecule has 0 heterocycles.